The van der Waals surface area contributed by atoms with Crippen molar-refractivity contribution < 1.29 is 18.7 Å². The van der Waals surface area contributed by atoms with Crippen LogP contribution in [0.3, 0.4) is 0 Å². The first-order valence-electron chi connectivity index (χ1n) is 9.60. The summed E-state index contributed by atoms with van der Waals surface area (Å²) in [6.45, 7) is 8.03. The topological polar surface area (TPSA) is 53.7 Å². The van der Waals surface area contributed by atoms with Crippen LogP contribution in [-0.2, 0) is 12.8 Å². The predicted octanol–water partition coefficient (Wildman–Crippen LogP) is 4.71. The minimum Gasteiger partial charge on any atom is -0.455 e. The van der Waals surface area contributed by atoms with Crippen LogP contribution in [0.15, 0.2) is 22.6 Å². The molecule has 1 N–H and O–H groups in total. The molecular weight excluding hydrogens is 345 g/mol. The molecule has 0 fully saturated rings. The highest BCUT2D eigenvalue weighted by atomic mass is 19.1. The molecule has 0 saturated carbocycles. The second-order valence-corrected chi connectivity index (χ2v) is 8.79. The summed E-state index contributed by atoms with van der Waals surface area (Å²) in [4.78, 5) is 15.1. The lowest BCUT2D eigenvalue weighted by atomic mass is 9.75. The summed E-state index contributed by atoms with van der Waals surface area (Å²) in [5.74, 6) is 0.502. The fraction of sp³-hybridized carbons (Fsp3) is 0.500. The maximum Gasteiger partial charge on any atom is 0.294 e. The third kappa shape index (κ3) is 2.98. The zero-order valence-electron chi connectivity index (χ0n) is 16.3. The molecule has 1 amide bonds. The maximum absolute atomic E-state index is 13.6. The highest BCUT2D eigenvalue weighted by molar-refractivity contribution is 6.06. The first kappa shape index (κ1) is 18.2. The fourth-order valence-corrected chi connectivity index (χ4v) is 4.63. The number of aliphatic hydroxyl groups is 1. The first-order chi connectivity index (χ1) is 12.7. The number of rotatable bonds is 1. The molecule has 5 heteroatoms. The number of aliphatic hydroxyl groups excluding tert-OH is 1. The van der Waals surface area contributed by atoms with E-state index in [1.165, 1.54) is 12.1 Å². The Bertz CT molecular complexity index is 915. The standard InChI is InChI=1S/C22H26FNO3/c1-12-5-6-14-9-15(23)7-8-16(14)24(12)21(26)20-13(2)19-17(25)10-22(3,4)11-18(19)27-20/h7-9,12,17,25H,5-6,10-11H2,1-4H3. The number of carbonyl (C=O) groups is 1. The Balaban J connectivity index is 1.77. The normalized spacial score (nSPS) is 23.7. The molecule has 1 aromatic heterocycles. The average Bonchev–Trinajstić information content (AvgIpc) is 2.89. The van der Waals surface area contributed by atoms with Gasteiger partial charge in [-0.15, -0.1) is 0 Å². The minimum atomic E-state index is -0.616. The number of aryl methyl sites for hydroxylation is 1. The highest BCUT2D eigenvalue weighted by Crippen LogP contribution is 2.44. The number of hydrogen-bond acceptors (Lipinski definition) is 3. The monoisotopic (exact) mass is 371 g/mol. The van der Waals surface area contributed by atoms with Gasteiger partial charge in [0.15, 0.2) is 5.76 Å². The Labute approximate surface area is 159 Å². The Kier molecular flexibility index (Phi) is 4.18. The summed E-state index contributed by atoms with van der Waals surface area (Å²) in [6.07, 6.45) is 2.26. The number of hydrogen-bond donors (Lipinski definition) is 1. The molecule has 0 saturated heterocycles. The summed E-state index contributed by atoms with van der Waals surface area (Å²) >= 11 is 0. The van der Waals surface area contributed by atoms with Crippen LogP contribution < -0.4 is 4.90 Å². The number of carbonyl (C=O) groups excluding carboxylic acids is 1. The third-order valence-electron chi connectivity index (χ3n) is 5.97. The number of halogens is 1. The molecule has 2 aromatic rings. The largest absolute Gasteiger partial charge is 0.455 e. The number of nitrogens with zero attached hydrogens (tertiary/aromatic N) is 1. The van der Waals surface area contributed by atoms with Gasteiger partial charge in [-0.05, 0) is 62.3 Å². The Morgan fingerprint density at radius 2 is 2.11 bits per heavy atom. The fourth-order valence-electron chi connectivity index (χ4n) is 4.63. The molecule has 27 heavy (non-hydrogen) atoms. The quantitative estimate of drug-likeness (QED) is 0.789. The molecular formula is C22H26FNO3. The van der Waals surface area contributed by atoms with Crippen molar-refractivity contribution >= 4 is 11.6 Å². The van der Waals surface area contributed by atoms with E-state index in [2.05, 4.69) is 13.8 Å². The van der Waals surface area contributed by atoms with E-state index < -0.39 is 6.10 Å². The molecule has 2 heterocycles. The number of amides is 1. The second kappa shape index (κ2) is 6.20. The zero-order valence-corrected chi connectivity index (χ0v) is 16.3. The van der Waals surface area contributed by atoms with Crippen LogP contribution in [0.2, 0.25) is 0 Å². The molecule has 4 rings (SSSR count). The summed E-state index contributed by atoms with van der Waals surface area (Å²) in [5.41, 5.74) is 3.01. The average molecular weight is 371 g/mol. The van der Waals surface area contributed by atoms with Gasteiger partial charge in [0.25, 0.3) is 5.91 Å². The van der Waals surface area contributed by atoms with E-state index in [1.54, 1.807) is 11.0 Å². The molecule has 0 radical (unpaired) electrons. The van der Waals surface area contributed by atoms with Crippen molar-refractivity contribution in [3.63, 3.8) is 0 Å². The summed E-state index contributed by atoms with van der Waals surface area (Å²) in [5, 5.41) is 10.6. The van der Waals surface area contributed by atoms with Crippen LogP contribution in [0.1, 0.15) is 72.7 Å². The molecule has 1 aromatic carbocycles. The minimum absolute atomic E-state index is 0.00152. The van der Waals surface area contributed by atoms with Gasteiger partial charge in [0.05, 0.1) is 6.10 Å². The summed E-state index contributed by atoms with van der Waals surface area (Å²) in [6, 6.07) is 4.57. The van der Waals surface area contributed by atoms with Crippen molar-refractivity contribution in [3.8, 4) is 0 Å². The van der Waals surface area contributed by atoms with Crippen molar-refractivity contribution in [3.05, 3.63) is 52.2 Å². The van der Waals surface area contributed by atoms with Gasteiger partial charge in [0, 0.05) is 29.3 Å². The van der Waals surface area contributed by atoms with Gasteiger partial charge in [0.2, 0.25) is 0 Å². The molecule has 1 aliphatic heterocycles. The van der Waals surface area contributed by atoms with Gasteiger partial charge >= 0.3 is 0 Å². The summed E-state index contributed by atoms with van der Waals surface area (Å²) in [7, 11) is 0. The molecule has 0 spiro atoms. The maximum atomic E-state index is 13.6. The molecule has 2 aliphatic rings. The third-order valence-corrected chi connectivity index (χ3v) is 5.97. The number of benzene rings is 1. The van der Waals surface area contributed by atoms with E-state index >= 15 is 0 Å². The molecule has 2 atom stereocenters. The van der Waals surface area contributed by atoms with E-state index in [0.29, 0.717) is 24.4 Å². The Morgan fingerprint density at radius 3 is 2.85 bits per heavy atom. The van der Waals surface area contributed by atoms with Crippen molar-refractivity contribution in [2.45, 2.75) is 65.5 Å². The van der Waals surface area contributed by atoms with E-state index in [9.17, 15) is 14.3 Å². The number of anilines is 1. The van der Waals surface area contributed by atoms with E-state index in [0.717, 1.165) is 35.2 Å². The van der Waals surface area contributed by atoms with Gasteiger partial charge in [-0.3, -0.25) is 4.79 Å². The van der Waals surface area contributed by atoms with Crippen LogP contribution in [0, 0.1) is 18.2 Å². The molecule has 144 valence electrons. The van der Waals surface area contributed by atoms with Crippen LogP contribution in [-0.4, -0.2) is 17.1 Å². The van der Waals surface area contributed by atoms with Crippen LogP contribution >= 0.6 is 0 Å². The van der Waals surface area contributed by atoms with Crippen molar-refractivity contribution in [2.24, 2.45) is 5.41 Å². The van der Waals surface area contributed by atoms with E-state index in [4.69, 9.17) is 4.42 Å². The van der Waals surface area contributed by atoms with Crippen molar-refractivity contribution in [2.75, 3.05) is 4.90 Å². The van der Waals surface area contributed by atoms with Crippen molar-refractivity contribution in [1.82, 2.24) is 0 Å². The lowest BCUT2D eigenvalue weighted by molar-refractivity contribution is 0.0896. The Morgan fingerprint density at radius 1 is 1.37 bits per heavy atom. The molecule has 2 unspecified atom stereocenters. The molecule has 4 nitrogen and oxygen atoms in total. The number of furan rings is 1. The van der Waals surface area contributed by atoms with Crippen LogP contribution in [0.5, 0.6) is 0 Å². The Hall–Kier alpha value is -2.14. The highest BCUT2D eigenvalue weighted by Gasteiger charge is 2.39. The smallest absolute Gasteiger partial charge is 0.294 e. The van der Waals surface area contributed by atoms with Gasteiger partial charge in [-0.1, -0.05) is 13.8 Å². The van der Waals surface area contributed by atoms with Crippen LogP contribution in [0.4, 0.5) is 10.1 Å². The molecule has 0 bridgehead atoms. The van der Waals surface area contributed by atoms with E-state index in [1.807, 2.05) is 13.8 Å². The van der Waals surface area contributed by atoms with Gasteiger partial charge in [-0.2, -0.15) is 0 Å². The first-order valence-corrected chi connectivity index (χ1v) is 9.60. The van der Waals surface area contributed by atoms with Crippen LogP contribution in [0.25, 0.3) is 0 Å². The van der Waals surface area contributed by atoms with Gasteiger partial charge in [0.1, 0.15) is 11.6 Å². The van der Waals surface area contributed by atoms with Gasteiger partial charge < -0.3 is 14.4 Å². The van der Waals surface area contributed by atoms with Crippen molar-refractivity contribution in [1.29, 1.82) is 0 Å². The lowest BCUT2D eigenvalue weighted by Crippen LogP contribution is -2.42. The lowest BCUT2D eigenvalue weighted by Gasteiger charge is -2.35. The van der Waals surface area contributed by atoms with E-state index in [-0.39, 0.29) is 23.2 Å². The SMILES string of the molecule is Cc1c(C(=O)N2c3ccc(F)cc3CCC2C)oc2c1C(O)CC(C)(C)C2. The number of fused-ring (bicyclic) bond motifs is 2. The second-order valence-electron chi connectivity index (χ2n) is 8.79. The molecule has 1 aliphatic carbocycles. The summed E-state index contributed by atoms with van der Waals surface area (Å²) < 4.78 is 19.6. The zero-order chi connectivity index (χ0) is 19.5. The predicted molar refractivity (Wildman–Crippen MR) is 101 cm³/mol. The van der Waals surface area contributed by atoms with Gasteiger partial charge in [-0.25, -0.2) is 4.39 Å².